The van der Waals surface area contributed by atoms with E-state index in [0.29, 0.717) is 12.2 Å². The molecule has 6 nitrogen and oxygen atoms in total. The molecule has 0 atom stereocenters. The van der Waals surface area contributed by atoms with Gasteiger partial charge in [-0.3, -0.25) is 14.3 Å². The van der Waals surface area contributed by atoms with E-state index in [0.717, 1.165) is 5.56 Å². The monoisotopic (exact) mass is 256 g/mol. The minimum atomic E-state index is -0.454. The van der Waals surface area contributed by atoms with E-state index in [2.05, 4.69) is 9.97 Å². The normalized spacial score (nSPS) is 11.0. The van der Waals surface area contributed by atoms with E-state index < -0.39 is 11.2 Å². The summed E-state index contributed by atoms with van der Waals surface area (Å²) in [6.45, 7) is 0.564. The Balaban J connectivity index is 2.21. The summed E-state index contributed by atoms with van der Waals surface area (Å²) in [5.74, 6) is 0. The van der Waals surface area contributed by atoms with E-state index in [9.17, 15) is 9.59 Å². The van der Waals surface area contributed by atoms with Crippen molar-refractivity contribution in [1.29, 1.82) is 0 Å². The van der Waals surface area contributed by atoms with Crippen LogP contribution in [-0.2, 0) is 13.6 Å². The van der Waals surface area contributed by atoms with Crippen molar-refractivity contribution >= 4 is 11.2 Å². The van der Waals surface area contributed by atoms with Gasteiger partial charge in [-0.05, 0) is 5.56 Å². The van der Waals surface area contributed by atoms with Crippen molar-refractivity contribution in [3.63, 3.8) is 0 Å². The highest BCUT2D eigenvalue weighted by molar-refractivity contribution is 5.69. The first-order valence-corrected chi connectivity index (χ1v) is 5.85. The van der Waals surface area contributed by atoms with Gasteiger partial charge >= 0.3 is 5.69 Å². The summed E-state index contributed by atoms with van der Waals surface area (Å²) in [5, 5.41) is 0. The van der Waals surface area contributed by atoms with Gasteiger partial charge in [0.05, 0.1) is 12.9 Å². The Morgan fingerprint density at radius 1 is 1.21 bits per heavy atom. The second-order valence-electron chi connectivity index (χ2n) is 4.35. The van der Waals surface area contributed by atoms with Crippen LogP contribution in [0, 0.1) is 0 Å². The lowest BCUT2D eigenvalue weighted by molar-refractivity contribution is 0.753. The first-order valence-electron chi connectivity index (χ1n) is 5.85. The van der Waals surface area contributed by atoms with E-state index in [1.807, 2.05) is 30.3 Å². The molecule has 0 amide bonds. The Labute approximate surface area is 108 Å². The summed E-state index contributed by atoms with van der Waals surface area (Å²) in [4.78, 5) is 29.6. The van der Waals surface area contributed by atoms with Crippen molar-refractivity contribution in [3.05, 3.63) is 63.1 Å². The summed E-state index contributed by atoms with van der Waals surface area (Å²) in [7, 11) is 1.61. The Bertz CT molecular complexity index is 842. The highest BCUT2D eigenvalue weighted by atomic mass is 16.2. The predicted molar refractivity (Wildman–Crippen MR) is 71.1 cm³/mol. The molecular weight excluding hydrogens is 244 g/mol. The maximum Gasteiger partial charge on any atom is 0.329 e. The molecule has 19 heavy (non-hydrogen) atoms. The predicted octanol–water partition coefficient (Wildman–Crippen LogP) is 0.472. The maximum absolute atomic E-state index is 11.7. The number of H-pyrrole nitrogens is 1. The maximum atomic E-state index is 11.7. The fraction of sp³-hybridized carbons (Fsp3) is 0.154. The van der Waals surface area contributed by atoms with Crippen LogP contribution < -0.4 is 11.2 Å². The lowest BCUT2D eigenvalue weighted by Gasteiger charge is -2.06. The number of aromatic amines is 1. The van der Waals surface area contributed by atoms with Gasteiger partial charge in [0.25, 0.3) is 5.56 Å². The molecule has 0 aliphatic rings. The molecule has 2 aromatic heterocycles. The van der Waals surface area contributed by atoms with Crippen LogP contribution in [0.4, 0.5) is 0 Å². The largest absolute Gasteiger partial charge is 0.329 e. The van der Waals surface area contributed by atoms with Gasteiger partial charge in [0.1, 0.15) is 5.65 Å². The SMILES string of the molecule is Cn1c(=O)[nH]c(=O)c2ncn(Cc3ccccc3)c21. The number of nitrogens with one attached hydrogen (secondary N) is 1. The van der Waals surface area contributed by atoms with Crippen molar-refractivity contribution in [1.82, 2.24) is 19.1 Å². The van der Waals surface area contributed by atoms with E-state index >= 15 is 0 Å². The molecule has 0 radical (unpaired) electrons. The molecule has 0 aliphatic heterocycles. The highest BCUT2D eigenvalue weighted by Crippen LogP contribution is 2.09. The van der Waals surface area contributed by atoms with Gasteiger partial charge in [0.15, 0.2) is 5.52 Å². The fourth-order valence-corrected chi connectivity index (χ4v) is 2.12. The zero-order chi connectivity index (χ0) is 13.4. The molecule has 0 saturated carbocycles. The minimum absolute atomic E-state index is 0.276. The van der Waals surface area contributed by atoms with Gasteiger partial charge in [-0.2, -0.15) is 0 Å². The molecule has 96 valence electrons. The summed E-state index contributed by atoms with van der Waals surface area (Å²) in [6.07, 6.45) is 1.58. The molecule has 3 rings (SSSR count). The van der Waals surface area contributed by atoms with E-state index in [1.54, 1.807) is 17.9 Å². The standard InChI is InChI=1S/C13H12N4O2/c1-16-12-10(11(18)15-13(16)19)14-8-17(12)7-9-5-3-2-4-6-9/h2-6,8H,7H2,1H3,(H,15,18,19). The number of aryl methyl sites for hydroxylation is 1. The van der Waals surface area contributed by atoms with E-state index in [4.69, 9.17) is 0 Å². The van der Waals surface area contributed by atoms with Crippen molar-refractivity contribution in [3.8, 4) is 0 Å². The van der Waals surface area contributed by atoms with Gasteiger partial charge in [-0.15, -0.1) is 0 Å². The number of hydrogen-bond donors (Lipinski definition) is 1. The first-order chi connectivity index (χ1) is 9.16. The number of benzene rings is 1. The van der Waals surface area contributed by atoms with Gasteiger partial charge in [0, 0.05) is 7.05 Å². The Hall–Kier alpha value is -2.63. The summed E-state index contributed by atoms with van der Waals surface area (Å²) >= 11 is 0. The lowest BCUT2D eigenvalue weighted by atomic mass is 10.2. The molecular formula is C13H12N4O2. The molecule has 1 N–H and O–H groups in total. The van der Waals surface area contributed by atoms with Crippen LogP contribution in [0.15, 0.2) is 46.2 Å². The molecule has 2 heterocycles. The van der Waals surface area contributed by atoms with E-state index in [-0.39, 0.29) is 5.52 Å². The van der Waals surface area contributed by atoms with E-state index in [1.165, 1.54) is 4.57 Å². The Morgan fingerprint density at radius 2 is 1.95 bits per heavy atom. The number of imidazole rings is 1. The van der Waals surface area contributed by atoms with Crippen LogP contribution in [0.3, 0.4) is 0 Å². The van der Waals surface area contributed by atoms with Crippen LogP contribution in [-0.4, -0.2) is 19.1 Å². The van der Waals surface area contributed by atoms with Crippen molar-refractivity contribution in [2.24, 2.45) is 7.05 Å². The molecule has 0 saturated heterocycles. The molecule has 0 unspecified atom stereocenters. The Kier molecular flexibility index (Phi) is 2.56. The fourth-order valence-electron chi connectivity index (χ4n) is 2.12. The molecule has 0 spiro atoms. The van der Waals surface area contributed by atoms with Crippen molar-refractivity contribution in [2.75, 3.05) is 0 Å². The average molecular weight is 256 g/mol. The average Bonchev–Trinajstić information content (AvgIpc) is 2.82. The number of aromatic nitrogens is 4. The zero-order valence-corrected chi connectivity index (χ0v) is 10.3. The van der Waals surface area contributed by atoms with Crippen LogP contribution in [0.25, 0.3) is 11.2 Å². The summed E-state index contributed by atoms with van der Waals surface area (Å²) < 4.78 is 3.19. The molecule has 0 bridgehead atoms. The molecule has 1 aromatic carbocycles. The molecule has 0 fully saturated rings. The second-order valence-corrected chi connectivity index (χ2v) is 4.35. The smallest absolute Gasteiger partial charge is 0.312 e. The number of nitrogens with zero attached hydrogens (tertiary/aromatic N) is 3. The van der Waals surface area contributed by atoms with Crippen LogP contribution in [0.2, 0.25) is 0 Å². The number of hydrogen-bond acceptors (Lipinski definition) is 3. The summed E-state index contributed by atoms with van der Waals surface area (Å²) in [6, 6.07) is 9.80. The Morgan fingerprint density at radius 3 is 2.68 bits per heavy atom. The van der Waals surface area contributed by atoms with Gasteiger partial charge < -0.3 is 4.57 Å². The van der Waals surface area contributed by atoms with Crippen molar-refractivity contribution in [2.45, 2.75) is 6.54 Å². The summed E-state index contributed by atoms with van der Waals surface area (Å²) in [5.41, 5.74) is 0.988. The van der Waals surface area contributed by atoms with Gasteiger partial charge in [0.2, 0.25) is 0 Å². The van der Waals surface area contributed by atoms with Gasteiger partial charge in [-0.1, -0.05) is 30.3 Å². The van der Waals surface area contributed by atoms with Gasteiger partial charge in [-0.25, -0.2) is 9.78 Å². The quantitative estimate of drug-likeness (QED) is 0.724. The van der Waals surface area contributed by atoms with Crippen LogP contribution in [0.5, 0.6) is 0 Å². The lowest BCUT2D eigenvalue weighted by Crippen LogP contribution is -2.29. The molecule has 6 heteroatoms. The van der Waals surface area contributed by atoms with Crippen LogP contribution >= 0.6 is 0 Å². The third-order valence-corrected chi connectivity index (χ3v) is 3.06. The third kappa shape index (κ3) is 1.87. The topological polar surface area (TPSA) is 72.7 Å². The first kappa shape index (κ1) is 11.5. The molecule has 3 aromatic rings. The van der Waals surface area contributed by atoms with Crippen molar-refractivity contribution < 1.29 is 0 Å². The van der Waals surface area contributed by atoms with Crippen LogP contribution in [0.1, 0.15) is 5.56 Å². The number of rotatable bonds is 2. The second kappa shape index (κ2) is 4.24. The zero-order valence-electron chi connectivity index (χ0n) is 10.3. The molecule has 0 aliphatic carbocycles. The third-order valence-electron chi connectivity index (χ3n) is 3.06. The minimum Gasteiger partial charge on any atom is -0.312 e. The highest BCUT2D eigenvalue weighted by Gasteiger charge is 2.11. The number of fused-ring (bicyclic) bond motifs is 1.